The summed E-state index contributed by atoms with van der Waals surface area (Å²) in [6, 6.07) is 2.79. The number of amides is 1. The van der Waals surface area contributed by atoms with Gasteiger partial charge in [-0.25, -0.2) is 0 Å². The van der Waals surface area contributed by atoms with Crippen molar-refractivity contribution in [3.8, 4) is 0 Å². The SMILES string of the molecule is O=C(c1cc(Cl)cc(C(F)(F)F)c1)N1CC(CO)C1. The second-order valence-electron chi connectivity index (χ2n) is 4.49. The molecule has 1 heterocycles. The second-order valence-corrected chi connectivity index (χ2v) is 4.92. The first-order valence-corrected chi connectivity index (χ1v) is 5.97. The van der Waals surface area contributed by atoms with Crippen LogP contribution in [0.5, 0.6) is 0 Å². The van der Waals surface area contributed by atoms with Crippen molar-refractivity contribution >= 4 is 17.5 Å². The molecule has 19 heavy (non-hydrogen) atoms. The summed E-state index contributed by atoms with van der Waals surface area (Å²) < 4.78 is 37.8. The van der Waals surface area contributed by atoms with Gasteiger partial charge in [0.25, 0.3) is 5.91 Å². The first-order valence-electron chi connectivity index (χ1n) is 5.59. The van der Waals surface area contributed by atoms with Crippen molar-refractivity contribution in [3.05, 3.63) is 34.3 Å². The Hall–Kier alpha value is -1.27. The van der Waals surface area contributed by atoms with E-state index >= 15 is 0 Å². The third-order valence-electron chi connectivity index (χ3n) is 2.97. The van der Waals surface area contributed by atoms with E-state index < -0.39 is 17.6 Å². The summed E-state index contributed by atoms with van der Waals surface area (Å²) in [4.78, 5) is 13.3. The number of likely N-dealkylation sites (tertiary alicyclic amines) is 1. The zero-order valence-corrected chi connectivity index (χ0v) is 10.5. The van der Waals surface area contributed by atoms with Crippen molar-refractivity contribution in [1.82, 2.24) is 4.90 Å². The van der Waals surface area contributed by atoms with E-state index in [-0.39, 0.29) is 23.1 Å². The van der Waals surface area contributed by atoms with Gasteiger partial charge in [-0.2, -0.15) is 13.2 Å². The predicted molar refractivity (Wildman–Crippen MR) is 62.9 cm³/mol. The van der Waals surface area contributed by atoms with Crippen LogP contribution in [0.15, 0.2) is 18.2 Å². The minimum Gasteiger partial charge on any atom is -0.396 e. The van der Waals surface area contributed by atoms with Crippen LogP contribution in [0.2, 0.25) is 5.02 Å². The summed E-state index contributed by atoms with van der Waals surface area (Å²) in [7, 11) is 0. The van der Waals surface area contributed by atoms with Gasteiger partial charge in [-0.05, 0) is 18.2 Å². The lowest BCUT2D eigenvalue weighted by atomic mass is 9.99. The van der Waals surface area contributed by atoms with Gasteiger partial charge < -0.3 is 10.0 Å². The van der Waals surface area contributed by atoms with E-state index in [4.69, 9.17) is 16.7 Å². The Balaban J connectivity index is 2.21. The fourth-order valence-corrected chi connectivity index (χ4v) is 2.15. The van der Waals surface area contributed by atoms with E-state index in [2.05, 4.69) is 0 Å². The molecule has 1 saturated heterocycles. The average Bonchev–Trinajstić information content (AvgIpc) is 2.25. The normalized spacial score (nSPS) is 16.4. The molecule has 1 aromatic rings. The lowest BCUT2D eigenvalue weighted by Gasteiger charge is -2.38. The first kappa shape index (κ1) is 14.1. The van der Waals surface area contributed by atoms with E-state index in [1.165, 1.54) is 11.0 Å². The minimum atomic E-state index is -4.54. The maximum absolute atomic E-state index is 12.6. The van der Waals surface area contributed by atoms with Crippen LogP contribution < -0.4 is 0 Å². The van der Waals surface area contributed by atoms with Gasteiger partial charge in [-0.15, -0.1) is 0 Å². The molecule has 0 atom stereocenters. The molecule has 1 aromatic carbocycles. The number of aliphatic hydroxyl groups excluding tert-OH is 1. The minimum absolute atomic E-state index is 0.00483. The third kappa shape index (κ3) is 3.01. The lowest BCUT2D eigenvalue weighted by molar-refractivity contribution is -0.137. The summed E-state index contributed by atoms with van der Waals surface area (Å²) in [5, 5.41) is 8.72. The molecule has 0 unspecified atom stereocenters. The van der Waals surface area contributed by atoms with Crippen molar-refractivity contribution in [3.63, 3.8) is 0 Å². The molecule has 0 bridgehead atoms. The van der Waals surface area contributed by atoms with Crippen molar-refractivity contribution in [2.45, 2.75) is 6.18 Å². The highest BCUT2D eigenvalue weighted by atomic mass is 35.5. The molecule has 0 saturated carbocycles. The van der Waals surface area contributed by atoms with Crippen LogP contribution in [0.3, 0.4) is 0 Å². The van der Waals surface area contributed by atoms with E-state index in [1.54, 1.807) is 0 Å². The van der Waals surface area contributed by atoms with Crippen LogP contribution in [-0.4, -0.2) is 35.6 Å². The standard InChI is InChI=1S/C12H11ClF3NO2/c13-10-2-8(1-9(3-10)12(14,15)16)11(19)17-4-7(5-17)6-18/h1-3,7,18H,4-6H2. The molecule has 0 spiro atoms. The van der Waals surface area contributed by atoms with E-state index in [1.807, 2.05) is 0 Å². The Labute approximate surface area is 112 Å². The Kier molecular flexibility index (Phi) is 3.73. The third-order valence-corrected chi connectivity index (χ3v) is 3.19. The van der Waals surface area contributed by atoms with E-state index in [0.29, 0.717) is 13.1 Å². The number of aliphatic hydroxyl groups is 1. The molecule has 1 aliphatic rings. The molecular weight excluding hydrogens is 283 g/mol. The molecule has 1 N–H and O–H groups in total. The number of hydrogen-bond donors (Lipinski definition) is 1. The van der Waals surface area contributed by atoms with Crippen LogP contribution in [0.1, 0.15) is 15.9 Å². The van der Waals surface area contributed by atoms with Gasteiger partial charge in [-0.1, -0.05) is 11.6 Å². The molecule has 0 radical (unpaired) electrons. The topological polar surface area (TPSA) is 40.5 Å². The van der Waals surface area contributed by atoms with Gasteiger partial charge in [-0.3, -0.25) is 4.79 Å². The largest absolute Gasteiger partial charge is 0.416 e. The van der Waals surface area contributed by atoms with Crippen LogP contribution in [-0.2, 0) is 6.18 Å². The van der Waals surface area contributed by atoms with Crippen molar-refractivity contribution in [2.24, 2.45) is 5.92 Å². The van der Waals surface area contributed by atoms with Gasteiger partial charge in [0.05, 0.1) is 5.56 Å². The van der Waals surface area contributed by atoms with Crippen molar-refractivity contribution in [1.29, 1.82) is 0 Å². The number of benzene rings is 1. The Bertz CT molecular complexity index is 498. The predicted octanol–water partition coefficient (Wildman–Crippen LogP) is 2.42. The first-order chi connectivity index (χ1) is 8.81. The summed E-state index contributed by atoms with van der Waals surface area (Å²) in [6.07, 6.45) is -4.54. The zero-order chi connectivity index (χ0) is 14.2. The molecule has 1 aliphatic heterocycles. The number of carbonyl (C=O) groups is 1. The monoisotopic (exact) mass is 293 g/mol. The molecule has 3 nitrogen and oxygen atoms in total. The highest BCUT2D eigenvalue weighted by molar-refractivity contribution is 6.31. The van der Waals surface area contributed by atoms with Gasteiger partial charge in [0, 0.05) is 36.2 Å². The average molecular weight is 294 g/mol. The molecule has 2 rings (SSSR count). The number of hydrogen-bond acceptors (Lipinski definition) is 2. The summed E-state index contributed by atoms with van der Waals surface area (Å²) in [6.45, 7) is 0.666. The highest BCUT2D eigenvalue weighted by Crippen LogP contribution is 2.32. The van der Waals surface area contributed by atoms with Crippen LogP contribution in [0.25, 0.3) is 0 Å². The zero-order valence-electron chi connectivity index (χ0n) is 9.75. The number of halogens is 4. The molecule has 1 fully saturated rings. The van der Waals surface area contributed by atoms with Crippen molar-refractivity contribution < 1.29 is 23.1 Å². The molecular formula is C12H11ClF3NO2. The molecule has 104 valence electrons. The molecule has 0 aliphatic carbocycles. The second kappa shape index (κ2) is 5.02. The number of rotatable bonds is 2. The maximum atomic E-state index is 12.6. The van der Waals surface area contributed by atoms with E-state index in [0.717, 1.165) is 12.1 Å². The van der Waals surface area contributed by atoms with Gasteiger partial charge in [0.1, 0.15) is 0 Å². The molecule has 0 aromatic heterocycles. The molecule has 7 heteroatoms. The maximum Gasteiger partial charge on any atom is 0.416 e. The van der Waals surface area contributed by atoms with Gasteiger partial charge >= 0.3 is 6.18 Å². The summed E-state index contributed by atoms with van der Waals surface area (Å²) in [5.41, 5.74) is -1.03. The Morgan fingerprint density at radius 2 is 2.00 bits per heavy atom. The van der Waals surface area contributed by atoms with Gasteiger partial charge in [0.15, 0.2) is 0 Å². The van der Waals surface area contributed by atoms with Gasteiger partial charge in [0.2, 0.25) is 0 Å². The lowest BCUT2D eigenvalue weighted by Crippen LogP contribution is -2.51. The molecule has 1 amide bonds. The van der Waals surface area contributed by atoms with Crippen LogP contribution in [0.4, 0.5) is 13.2 Å². The smallest absolute Gasteiger partial charge is 0.396 e. The number of nitrogens with zero attached hydrogens (tertiary/aromatic N) is 1. The Morgan fingerprint density at radius 3 is 2.53 bits per heavy atom. The summed E-state index contributed by atoms with van der Waals surface area (Å²) >= 11 is 5.61. The highest BCUT2D eigenvalue weighted by Gasteiger charge is 2.34. The van der Waals surface area contributed by atoms with E-state index in [9.17, 15) is 18.0 Å². The van der Waals surface area contributed by atoms with Crippen LogP contribution in [0, 0.1) is 5.92 Å². The number of carbonyl (C=O) groups excluding carboxylic acids is 1. The Morgan fingerprint density at radius 1 is 1.37 bits per heavy atom. The quantitative estimate of drug-likeness (QED) is 0.910. The fourth-order valence-electron chi connectivity index (χ4n) is 1.91. The number of alkyl halides is 3. The van der Waals surface area contributed by atoms with Crippen molar-refractivity contribution in [2.75, 3.05) is 19.7 Å². The fraction of sp³-hybridized carbons (Fsp3) is 0.417. The summed E-state index contributed by atoms with van der Waals surface area (Å²) in [5.74, 6) is -0.497. The van der Waals surface area contributed by atoms with Crippen LogP contribution >= 0.6 is 11.6 Å².